The summed E-state index contributed by atoms with van der Waals surface area (Å²) in [6, 6.07) is 12.5. The van der Waals surface area contributed by atoms with Gasteiger partial charge < -0.3 is 24.8 Å². The van der Waals surface area contributed by atoms with Crippen molar-refractivity contribution < 1.29 is 38.2 Å². The molecule has 0 aliphatic rings. The van der Waals surface area contributed by atoms with Gasteiger partial charge in [-0.1, -0.05) is 27.2 Å². The lowest BCUT2D eigenvalue weighted by Gasteiger charge is -2.09. The second-order valence-corrected chi connectivity index (χ2v) is 9.25. The van der Waals surface area contributed by atoms with Gasteiger partial charge in [-0.15, -0.1) is 0 Å². The van der Waals surface area contributed by atoms with E-state index in [4.69, 9.17) is 14.2 Å². The minimum Gasteiger partial charge on any atom is -0.462 e. The first kappa shape index (κ1) is 31.0. The average Bonchev–Trinajstić information content (AvgIpc) is 2.91. The molecule has 0 unspecified atom stereocenters. The van der Waals surface area contributed by atoms with E-state index in [-0.39, 0.29) is 31.1 Å². The summed E-state index contributed by atoms with van der Waals surface area (Å²) in [5, 5.41) is 5.28. The van der Waals surface area contributed by atoms with Crippen LogP contribution in [0.4, 0.5) is 11.4 Å². The lowest BCUT2D eigenvalue weighted by Crippen LogP contribution is -2.21. The fourth-order valence-electron chi connectivity index (χ4n) is 3.13. The van der Waals surface area contributed by atoms with E-state index >= 15 is 0 Å². The predicted molar refractivity (Wildman–Crippen MR) is 145 cm³/mol. The van der Waals surface area contributed by atoms with Gasteiger partial charge in [0.1, 0.15) is 0 Å². The van der Waals surface area contributed by atoms with Crippen LogP contribution in [0.1, 0.15) is 73.6 Å². The van der Waals surface area contributed by atoms with Gasteiger partial charge in [-0.3, -0.25) is 14.4 Å². The van der Waals surface area contributed by atoms with Crippen molar-refractivity contribution in [2.45, 2.75) is 52.9 Å². The highest BCUT2D eigenvalue weighted by Gasteiger charge is 2.12. The molecule has 2 aromatic carbocycles. The molecular formula is C29H36N2O8. The molecule has 0 atom stereocenters. The molecule has 2 amide bonds. The van der Waals surface area contributed by atoms with Gasteiger partial charge in [0.15, 0.2) is 6.61 Å². The number of esters is 3. The number of benzene rings is 2. The topological polar surface area (TPSA) is 137 Å². The van der Waals surface area contributed by atoms with E-state index in [0.717, 1.165) is 12.8 Å². The number of unbranched alkanes of at least 4 members (excludes halogenated alkanes) is 1. The predicted octanol–water partition coefficient (Wildman–Crippen LogP) is 4.75. The Morgan fingerprint density at radius 1 is 0.692 bits per heavy atom. The van der Waals surface area contributed by atoms with Gasteiger partial charge in [-0.2, -0.15) is 0 Å². The molecule has 10 nitrogen and oxygen atoms in total. The van der Waals surface area contributed by atoms with Gasteiger partial charge in [0.2, 0.25) is 5.91 Å². The van der Waals surface area contributed by atoms with Crippen molar-refractivity contribution in [3.8, 4) is 0 Å². The van der Waals surface area contributed by atoms with E-state index in [1.165, 1.54) is 12.1 Å². The van der Waals surface area contributed by atoms with Crippen LogP contribution in [0, 0.1) is 5.92 Å². The molecule has 0 saturated heterocycles. The zero-order chi connectivity index (χ0) is 28.6. The first-order valence-corrected chi connectivity index (χ1v) is 13.0. The van der Waals surface area contributed by atoms with Gasteiger partial charge in [-0.05, 0) is 67.3 Å². The summed E-state index contributed by atoms with van der Waals surface area (Å²) in [4.78, 5) is 60.0. The van der Waals surface area contributed by atoms with Crippen LogP contribution in [0.5, 0.6) is 0 Å². The SMILES string of the molecule is CCCCOC(=O)c1ccc(NC(=O)COC(=O)CCCC(=O)Nc2ccc(C(=O)OCC(C)C)cc2)cc1. The van der Waals surface area contributed by atoms with Crippen LogP contribution in [-0.2, 0) is 28.6 Å². The zero-order valence-corrected chi connectivity index (χ0v) is 22.6. The summed E-state index contributed by atoms with van der Waals surface area (Å²) in [6.45, 7) is 6.11. The van der Waals surface area contributed by atoms with Crippen molar-refractivity contribution in [2.24, 2.45) is 5.92 Å². The maximum absolute atomic E-state index is 12.1. The Morgan fingerprint density at radius 2 is 1.23 bits per heavy atom. The Balaban J connectivity index is 1.64. The van der Waals surface area contributed by atoms with E-state index in [0.29, 0.717) is 35.7 Å². The fourth-order valence-corrected chi connectivity index (χ4v) is 3.13. The summed E-state index contributed by atoms with van der Waals surface area (Å²) in [6.07, 6.45) is 2.00. The van der Waals surface area contributed by atoms with Gasteiger partial charge in [0.25, 0.3) is 5.91 Å². The lowest BCUT2D eigenvalue weighted by molar-refractivity contribution is -0.147. The van der Waals surface area contributed by atoms with Crippen molar-refractivity contribution in [1.82, 2.24) is 0 Å². The fraction of sp³-hybridized carbons (Fsp3) is 0.414. The van der Waals surface area contributed by atoms with Crippen molar-refractivity contribution in [3.63, 3.8) is 0 Å². The molecule has 0 aliphatic carbocycles. The maximum atomic E-state index is 12.1. The molecule has 0 saturated carbocycles. The van der Waals surface area contributed by atoms with E-state index in [1.54, 1.807) is 36.4 Å². The number of carbonyl (C=O) groups excluding carboxylic acids is 5. The molecule has 2 rings (SSSR count). The van der Waals surface area contributed by atoms with Crippen molar-refractivity contribution >= 4 is 41.1 Å². The average molecular weight is 541 g/mol. The van der Waals surface area contributed by atoms with Crippen LogP contribution in [0.2, 0.25) is 0 Å². The number of hydrogen-bond acceptors (Lipinski definition) is 8. The third kappa shape index (κ3) is 12.3. The summed E-state index contributed by atoms with van der Waals surface area (Å²) >= 11 is 0. The van der Waals surface area contributed by atoms with Crippen molar-refractivity contribution in [3.05, 3.63) is 59.7 Å². The molecule has 0 aliphatic heterocycles. The summed E-state index contributed by atoms with van der Waals surface area (Å²) < 4.78 is 15.3. The normalized spacial score (nSPS) is 10.5. The molecule has 0 spiro atoms. The Kier molecular flexibility index (Phi) is 13.2. The first-order valence-electron chi connectivity index (χ1n) is 13.0. The number of nitrogens with one attached hydrogen (secondary N) is 2. The number of amides is 2. The minimum absolute atomic E-state index is 0.0316. The molecule has 39 heavy (non-hydrogen) atoms. The largest absolute Gasteiger partial charge is 0.462 e. The molecule has 2 aromatic rings. The molecule has 0 bridgehead atoms. The van der Waals surface area contributed by atoms with Crippen molar-refractivity contribution in [2.75, 3.05) is 30.5 Å². The molecule has 2 N–H and O–H groups in total. The first-order chi connectivity index (χ1) is 18.7. The summed E-state index contributed by atoms with van der Waals surface area (Å²) in [7, 11) is 0. The Labute approximate surface area is 228 Å². The molecular weight excluding hydrogens is 504 g/mol. The highest BCUT2D eigenvalue weighted by atomic mass is 16.5. The van der Waals surface area contributed by atoms with E-state index in [2.05, 4.69) is 10.6 Å². The Bertz CT molecular complexity index is 1110. The number of hydrogen-bond donors (Lipinski definition) is 2. The third-order valence-corrected chi connectivity index (χ3v) is 5.24. The van der Waals surface area contributed by atoms with E-state index < -0.39 is 30.4 Å². The van der Waals surface area contributed by atoms with E-state index in [1.807, 2.05) is 20.8 Å². The minimum atomic E-state index is -0.604. The van der Waals surface area contributed by atoms with Gasteiger partial charge in [0, 0.05) is 24.2 Å². The van der Waals surface area contributed by atoms with E-state index in [9.17, 15) is 24.0 Å². The monoisotopic (exact) mass is 540 g/mol. The lowest BCUT2D eigenvalue weighted by atomic mass is 10.2. The highest BCUT2D eigenvalue weighted by Crippen LogP contribution is 2.13. The molecule has 0 radical (unpaired) electrons. The molecule has 10 heteroatoms. The third-order valence-electron chi connectivity index (χ3n) is 5.24. The highest BCUT2D eigenvalue weighted by molar-refractivity contribution is 5.95. The smallest absolute Gasteiger partial charge is 0.338 e. The zero-order valence-electron chi connectivity index (χ0n) is 22.6. The van der Waals surface area contributed by atoms with Crippen molar-refractivity contribution in [1.29, 1.82) is 0 Å². The second kappa shape index (κ2) is 16.6. The number of anilines is 2. The van der Waals surface area contributed by atoms with Gasteiger partial charge in [-0.25, -0.2) is 9.59 Å². The van der Waals surface area contributed by atoms with Crippen LogP contribution in [0.3, 0.4) is 0 Å². The molecule has 0 aromatic heterocycles. The van der Waals surface area contributed by atoms with Gasteiger partial charge in [0.05, 0.1) is 24.3 Å². The number of ether oxygens (including phenoxy) is 3. The van der Waals surface area contributed by atoms with Crippen LogP contribution >= 0.6 is 0 Å². The summed E-state index contributed by atoms with van der Waals surface area (Å²) in [5.41, 5.74) is 1.72. The summed E-state index contributed by atoms with van der Waals surface area (Å²) in [5.74, 6) is -2.05. The number of rotatable bonds is 15. The maximum Gasteiger partial charge on any atom is 0.338 e. The van der Waals surface area contributed by atoms with Gasteiger partial charge >= 0.3 is 17.9 Å². The van der Waals surface area contributed by atoms with Crippen LogP contribution in [0.25, 0.3) is 0 Å². The molecule has 210 valence electrons. The van der Waals surface area contributed by atoms with Crippen LogP contribution in [-0.4, -0.2) is 49.5 Å². The standard InChI is InChI=1S/C29H36N2O8/c1-4-5-17-37-28(35)21-9-15-24(16-10-21)31-26(33)19-38-27(34)8-6-7-25(32)30-23-13-11-22(12-14-23)29(36)39-18-20(2)3/h9-16,20H,4-8,17-19H2,1-3H3,(H,30,32)(H,31,33). The second-order valence-electron chi connectivity index (χ2n) is 9.25. The number of carbonyl (C=O) groups is 5. The van der Waals surface area contributed by atoms with Crippen LogP contribution < -0.4 is 10.6 Å². The molecule has 0 fully saturated rings. The quantitative estimate of drug-likeness (QED) is 0.188. The Hall–Kier alpha value is -4.21. The Morgan fingerprint density at radius 3 is 1.77 bits per heavy atom. The van der Waals surface area contributed by atoms with Crippen LogP contribution in [0.15, 0.2) is 48.5 Å². The molecule has 0 heterocycles.